The Bertz CT molecular complexity index is 737. The van der Waals surface area contributed by atoms with Crippen LogP contribution in [-0.2, 0) is 16.0 Å². The van der Waals surface area contributed by atoms with Crippen LogP contribution in [0.2, 0.25) is 0 Å². The average Bonchev–Trinajstić information content (AvgIpc) is 3.00. The first-order chi connectivity index (χ1) is 12.6. The number of piperidine rings is 1. The smallest absolute Gasteiger partial charge is 0.222 e. The van der Waals surface area contributed by atoms with Crippen molar-refractivity contribution in [1.29, 1.82) is 0 Å². The third-order valence-corrected chi connectivity index (χ3v) is 4.98. The third kappa shape index (κ3) is 4.22. The lowest BCUT2D eigenvalue weighted by Gasteiger charge is -2.29. The van der Waals surface area contributed by atoms with Gasteiger partial charge in [0.1, 0.15) is 11.3 Å². The van der Waals surface area contributed by atoms with Crippen molar-refractivity contribution >= 4 is 17.1 Å². The quantitative estimate of drug-likeness (QED) is 0.816. The van der Waals surface area contributed by atoms with E-state index in [4.69, 9.17) is 9.72 Å². The molecule has 7 heteroatoms. The number of amides is 1. The maximum absolute atomic E-state index is 12.4. The molecule has 0 radical (unpaired) electrons. The van der Waals surface area contributed by atoms with Gasteiger partial charge in [0.25, 0.3) is 0 Å². The summed E-state index contributed by atoms with van der Waals surface area (Å²) in [5.41, 5.74) is 1.74. The number of ether oxygens (including phenoxy) is 1. The third-order valence-electron chi connectivity index (χ3n) is 4.98. The number of aliphatic hydroxyl groups excluding tert-OH is 1. The molecule has 3 rings (SSSR count). The minimum Gasteiger partial charge on any atom is -0.393 e. The SMILES string of the molecule is COC[C@@H](C)n1c(CCCC(=O)N2CCC(O)CC2)nc2cccnc21. The zero-order chi connectivity index (χ0) is 18.5. The molecule has 1 atom stereocenters. The number of methoxy groups -OCH3 is 1. The number of carbonyl (C=O) groups excluding carboxylic acids is 1. The van der Waals surface area contributed by atoms with E-state index in [0.717, 1.165) is 29.8 Å². The first kappa shape index (κ1) is 18.8. The van der Waals surface area contributed by atoms with Crippen molar-refractivity contribution in [1.82, 2.24) is 19.4 Å². The van der Waals surface area contributed by atoms with Crippen LogP contribution in [0.3, 0.4) is 0 Å². The van der Waals surface area contributed by atoms with Gasteiger partial charge in [-0.25, -0.2) is 9.97 Å². The van der Waals surface area contributed by atoms with Gasteiger partial charge >= 0.3 is 0 Å². The molecule has 3 heterocycles. The summed E-state index contributed by atoms with van der Waals surface area (Å²) >= 11 is 0. The topological polar surface area (TPSA) is 80.5 Å². The van der Waals surface area contributed by atoms with Crippen molar-refractivity contribution in [3.05, 3.63) is 24.2 Å². The second kappa shape index (κ2) is 8.60. The van der Waals surface area contributed by atoms with E-state index < -0.39 is 0 Å². The predicted octanol–water partition coefficient (Wildman–Crippen LogP) is 1.94. The number of aromatic nitrogens is 3. The summed E-state index contributed by atoms with van der Waals surface area (Å²) in [5, 5.41) is 9.56. The Hall–Kier alpha value is -1.99. The fourth-order valence-electron chi connectivity index (χ4n) is 3.60. The Labute approximate surface area is 154 Å². The Morgan fingerprint density at radius 2 is 2.19 bits per heavy atom. The van der Waals surface area contributed by atoms with Gasteiger partial charge in [0.05, 0.1) is 18.8 Å². The molecular formula is C19H28N4O3. The second-order valence-corrected chi connectivity index (χ2v) is 7.01. The van der Waals surface area contributed by atoms with E-state index in [9.17, 15) is 9.90 Å². The molecule has 1 amide bonds. The molecule has 142 valence electrons. The molecule has 0 aliphatic carbocycles. The van der Waals surface area contributed by atoms with Crippen LogP contribution in [0.1, 0.15) is 44.5 Å². The lowest BCUT2D eigenvalue weighted by atomic mass is 10.1. The highest BCUT2D eigenvalue weighted by Gasteiger charge is 2.21. The summed E-state index contributed by atoms with van der Waals surface area (Å²) in [7, 11) is 1.69. The number of pyridine rings is 1. The summed E-state index contributed by atoms with van der Waals surface area (Å²) in [6, 6.07) is 3.99. The molecule has 0 spiro atoms. The highest BCUT2D eigenvalue weighted by atomic mass is 16.5. The Morgan fingerprint density at radius 1 is 1.42 bits per heavy atom. The number of hydrogen-bond acceptors (Lipinski definition) is 5. The number of nitrogens with zero attached hydrogens (tertiary/aromatic N) is 4. The van der Waals surface area contributed by atoms with E-state index >= 15 is 0 Å². The van der Waals surface area contributed by atoms with Crippen LogP contribution in [0.4, 0.5) is 0 Å². The summed E-state index contributed by atoms with van der Waals surface area (Å²) in [6.07, 6.45) is 4.87. The minimum atomic E-state index is -0.256. The zero-order valence-corrected chi connectivity index (χ0v) is 15.6. The molecule has 1 N–H and O–H groups in total. The Balaban J connectivity index is 1.65. The Kier molecular flexibility index (Phi) is 6.21. The molecule has 7 nitrogen and oxygen atoms in total. The summed E-state index contributed by atoms with van der Waals surface area (Å²) in [4.78, 5) is 23.4. The number of rotatable bonds is 7. The predicted molar refractivity (Wildman–Crippen MR) is 98.9 cm³/mol. The average molecular weight is 360 g/mol. The van der Waals surface area contributed by atoms with Crippen molar-refractivity contribution in [2.75, 3.05) is 26.8 Å². The summed E-state index contributed by atoms with van der Waals surface area (Å²) in [6.45, 7) is 4.00. The van der Waals surface area contributed by atoms with Gasteiger partial charge in [-0.15, -0.1) is 0 Å². The van der Waals surface area contributed by atoms with Gasteiger partial charge in [0.15, 0.2) is 5.65 Å². The number of aryl methyl sites for hydroxylation is 1. The van der Waals surface area contributed by atoms with Crippen LogP contribution in [0.5, 0.6) is 0 Å². The number of hydrogen-bond donors (Lipinski definition) is 1. The first-order valence-electron chi connectivity index (χ1n) is 9.36. The van der Waals surface area contributed by atoms with Crippen LogP contribution in [0, 0.1) is 0 Å². The highest BCUT2D eigenvalue weighted by Crippen LogP contribution is 2.21. The van der Waals surface area contributed by atoms with Crippen LogP contribution in [0.15, 0.2) is 18.3 Å². The monoisotopic (exact) mass is 360 g/mol. The number of likely N-dealkylation sites (tertiary alicyclic amines) is 1. The molecule has 26 heavy (non-hydrogen) atoms. The number of carbonyl (C=O) groups is 1. The van der Waals surface area contributed by atoms with Gasteiger partial charge in [0, 0.05) is 39.2 Å². The van der Waals surface area contributed by atoms with Gasteiger partial charge in [-0.2, -0.15) is 0 Å². The Morgan fingerprint density at radius 3 is 2.92 bits per heavy atom. The van der Waals surface area contributed by atoms with Crippen molar-refractivity contribution in [3.8, 4) is 0 Å². The molecule has 1 saturated heterocycles. The first-order valence-corrected chi connectivity index (χ1v) is 9.36. The summed E-state index contributed by atoms with van der Waals surface area (Å²) in [5.74, 6) is 1.12. The number of fused-ring (bicyclic) bond motifs is 1. The fraction of sp³-hybridized carbons (Fsp3) is 0.632. The number of imidazole rings is 1. The van der Waals surface area contributed by atoms with E-state index in [1.54, 1.807) is 13.3 Å². The van der Waals surface area contributed by atoms with Crippen LogP contribution >= 0.6 is 0 Å². The molecule has 1 aliphatic rings. The van der Waals surface area contributed by atoms with Crippen LogP contribution in [0.25, 0.3) is 11.2 Å². The molecule has 0 aromatic carbocycles. The molecule has 0 bridgehead atoms. The molecule has 1 aliphatic heterocycles. The second-order valence-electron chi connectivity index (χ2n) is 7.01. The van der Waals surface area contributed by atoms with Gasteiger partial charge in [-0.1, -0.05) is 0 Å². The number of aliphatic hydroxyl groups is 1. The maximum atomic E-state index is 12.4. The van der Waals surface area contributed by atoms with Gasteiger partial charge < -0.3 is 19.3 Å². The van der Waals surface area contributed by atoms with E-state index in [-0.39, 0.29) is 18.1 Å². The van der Waals surface area contributed by atoms with Crippen molar-refractivity contribution in [2.45, 2.75) is 51.2 Å². The normalized spacial score (nSPS) is 17.0. The van der Waals surface area contributed by atoms with Gasteiger partial charge in [-0.05, 0) is 38.3 Å². The largest absolute Gasteiger partial charge is 0.393 e. The molecule has 0 saturated carbocycles. The van der Waals surface area contributed by atoms with Gasteiger partial charge in [-0.3, -0.25) is 4.79 Å². The van der Waals surface area contributed by atoms with Crippen LogP contribution in [-0.4, -0.2) is 63.4 Å². The van der Waals surface area contributed by atoms with E-state index in [2.05, 4.69) is 16.5 Å². The van der Waals surface area contributed by atoms with E-state index in [1.807, 2.05) is 17.0 Å². The highest BCUT2D eigenvalue weighted by molar-refractivity contribution is 5.76. The van der Waals surface area contributed by atoms with Crippen molar-refractivity contribution in [2.24, 2.45) is 0 Å². The van der Waals surface area contributed by atoms with E-state index in [1.165, 1.54) is 0 Å². The van der Waals surface area contributed by atoms with Crippen molar-refractivity contribution < 1.29 is 14.6 Å². The van der Waals surface area contributed by atoms with Crippen molar-refractivity contribution in [3.63, 3.8) is 0 Å². The molecule has 2 aromatic heterocycles. The lowest BCUT2D eigenvalue weighted by Crippen LogP contribution is -2.40. The molecular weight excluding hydrogens is 332 g/mol. The lowest BCUT2D eigenvalue weighted by molar-refractivity contribution is -0.133. The van der Waals surface area contributed by atoms with Gasteiger partial charge in [0.2, 0.25) is 5.91 Å². The van der Waals surface area contributed by atoms with E-state index in [0.29, 0.717) is 39.0 Å². The molecule has 0 unspecified atom stereocenters. The maximum Gasteiger partial charge on any atom is 0.222 e. The molecule has 2 aromatic rings. The van der Waals surface area contributed by atoms with Crippen LogP contribution < -0.4 is 0 Å². The zero-order valence-electron chi connectivity index (χ0n) is 15.6. The fourth-order valence-corrected chi connectivity index (χ4v) is 3.60. The summed E-state index contributed by atoms with van der Waals surface area (Å²) < 4.78 is 7.43. The molecule has 1 fully saturated rings. The minimum absolute atomic E-state index is 0.134. The standard InChI is InChI=1S/C19H28N4O3/c1-14(13-26-2)23-17(21-16-5-4-10-20-19(16)23)6-3-7-18(25)22-11-8-15(24)9-12-22/h4-5,10,14-15,24H,3,6-9,11-13H2,1-2H3/t14-/m1/s1.